The van der Waals surface area contributed by atoms with Crippen molar-refractivity contribution in [1.29, 1.82) is 10.5 Å². The molecule has 1 heterocycles. The molecule has 126 valence electrons. The standard InChI is InChI=1S/C20H13BrN4O/c21-16-4-3-5-17(11-16)24-20(26)14(12-23)10-15-13-25(9-8-22)19-7-2-1-6-18(15)19/h1-7,10-11,13H,9H2,(H,24,26)/b14-10-. The summed E-state index contributed by atoms with van der Waals surface area (Å²) in [7, 11) is 0. The average molecular weight is 405 g/mol. The van der Waals surface area contributed by atoms with E-state index >= 15 is 0 Å². The van der Waals surface area contributed by atoms with Crippen LogP contribution in [0.4, 0.5) is 5.69 Å². The summed E-state index contributed by atoms with van der Waals surface area (Å²) in [6.07, 6.45) is 3.32. The van der Waals surface area contributed by atoms with E-state index in [-0.39, 0.29) is 12.1 Å². The van der Waals surface area contributed by atoms with Crippen molar-refractivity contribution in [2.24, 2.45) is 0 Å². The maximum Gasteiger partial charge on any atom is 0.266 e. The number of para-hydroxylation sites is 1. The Balaban J connectivity index is 1.97. The molecule has 1 aromatic heterocycles. The van der Waals surface area contributed by atoms with Gasteiger partial charge in [0.15, 0.2) is 0 Å². The smallest absolute Gasteiger partial charge is 0.266 e. The molecule has 0 aliphatic rings. The van der Waals surface area contributed by atoms with Crippen LogP contribution >= 0.6 is 15.9 Å². The van der Waals surface area contributed by atoms with Crippen molar-refractivity contribution in [3.8, 4) is 12.1 Å². The van der Waals surface area contributed by atoms with Crippen LogP contribution < -0.4 is 5.32 Å². The van der Waals surface area contributed by atoms with Gasteiger partial charge in [0.2, 0.25) is 0 Å². The van der Waals surface area contributed by atoms with Gasteiger partial charge in [-0.3, -0.25) is 4.79 Å². The van der Waals surface area contributed by atoms with Gasteiger partial charge in [-0.2, -0.15) is 10.5 Å². The lowest BCUT2D eigenvalue weighted by atomic mass is 10.1. The predicted molar refractivity (Wildman–Crippen MR) is 104 cm³/mol. The van der Waals surface area contributed by atoms with Gasteiger partial charge in [0.25, 0.3) is 5.91 Å². The van der Waals surface area contributed by atoms with E-state index < -0.39 is 5.91 Å². The molecule has 1 N–H and O–H groups in total. The molecular formula is C20H13BrN4O. The third-order valence-electron chi connectivity index (χ3n) is 3.81. The minimum Gasteiger partial charge on any atom is -0.333 e. The van der Waals surface area contributed by atoms with Gasteiger partial charge in [-0.15, -0.1) is 0 Å². The fourth-order valence-corrected chi connectivity index (χ4v) is 3.07. The number of nitriles is 2. The van der Waals surface area contributed by atoms with Crippen molar-refractivity contribution in [2.75, 3.05) is 5.32 Å². The number of carbonyl (C=O) groups is 1. The van der Waals surface area contributed by atoms with Crippen molar-refractivity contribution in [1.82, 2.24) is 4.57 Å². The van der Waals surface area contributed by atoms with Crippen molar-refractivity contribution in [3.05, 3.63) is 70.3 Å². The zero-order chi connectivity index (χ0) is 18.5. The number of hydrogen-bond acceptors (Lipinski definition) is 3. The van der Waals surface area contributed by atoms with Gasteiger partial charge < -0.3 is 9.88 Å². The summed E-state index contributed by atoms with van der Waals surface area (Å²) in [6, 6.07) is 18.8. The second-order valence-corrected chi connectivity index (χ2v) is 6.44. The lowest BCUT2D eigenvalue weighted by molar-refractivity contribution is -0.112. The van der Waals surface area contributed by atoms with E-state index in [2.05, 4.69) is 27.3 Å². The number of halogens is 1. The molecule has 5 nitrogen and oxygen atoms in total. The lowest BCUT2D eigenvalue weighted by Gasteiger charge is -2.04. The molecule has 0 aliphatic carbocycles. The molecule has 6 heteroatoms. The van der Waals surface area contributed by atoms with Crippen LogP contribution in [0.15, 0.2) is 64.8 Å². The van der Waals surface area contributed by atoms with Crippen LogP contribution in [0.2, 0.25) is 0 Å². The van der Waals surface area contributed by atoms with Crippen LogP contribution in [0.3, 0.4) is 0 Å². The summed E-state index contributed by atoms with van der Waals surface area (Å²) in [5, 5.41) is 22.0. The second kappa shape index (κ2) is 7.69. The van der Waals surface area contributed by atoms with Gasteiger partial charge in [0.1, 0.15) is 18.2 Å². The Labute approximate surface area is 158 Å². The molecule has 0 fully saturated rings. The first kappa shape index (κ1) is 17.5. The lowest BCUT2D eigenvalue weighted by Crippen LogP contribution is -2.13. The largest absolute Gasteiger partial charge is 0.333 e. The Morgan fingerprint density at radius 3 is 2.73 bits per heavy atom. The van der Waals surface area contributed by atoms with Gasteiger partial charge in [-0.1, -0.05) is 40.2 Å². The van der Waals surface area contributed by atoms with Crippen LogP contribution in [0.1, 0.15) is 5.56 Å². The number of nitrogens with zero attached hydrogens (tertiary/aromatic N) is 3. The van der Waals surface area contributed by atoms with E-state index in [1.807, 2.05) is 36.4 Å². The number of fused-ring (bicyclic) bond motifs is 1. The van der Waals surface area contributed by atoms with E-state index in [0.717, 1.165) is 20.9 Å². The predicted octanol–water partition coefficient (Wildman–Crippen LogP) is 4.47. The zero-order valence-electron chi connectivity index (χ0n) is 13.6. The molecule has 26 heavy (non-hydrogen) atoms. The first-order chi connectivity index (χ1) is 12.6. The van der Waals surface area contributed by atoms with Crippen LogP contribution in [-0.4, -0.2) is 10.5 Å². The highest BCUT2D eigenvalue weighted by molar-refractivity contribution is 9.10. The van der Waals surface area contributed by atoms with Gasteiger partial charge >= 0.3 is 0 Å². The molecule has 0 unspecified atom stereocenters. The summed E-state index contributed by atoms with van der Waals surface area (Å²) < 4.78 is 2.62. The van der Waals surface area contributed by atoms with E-state index in [9.17, 15) is 10.1 Å². The Bertz CT molecular complexity index is 1100. The second-order valence-electron chi connectivity index (χ2n) is 5.52. The van der Waals surface area contributed by atoms with Crippen LogP contribution in [0, 0.1) is 22.7 Å². The Morgan fingerprint density at radius 2 is 2.00 bits per heavy atom. The molecular weight excluding hydrogens is 392 g/mol. The van der Waals surface area contributed by atoms with Crippen LogP contribution in [-0.2, 0) is 11.3 Å². The summed E-state index contributed by atoms with van der Waals surface area (Å²) in [6.45, 7) is 0.195. The SMILES string of the molecule is N#CCn1cc(/C=C(/C#N)C(=O)Nc2cccc(Br)c2)c2ccccc21. The van der Waals surface area contributed by atoms with E-state index in [4.69, 9.17) is 5.26 Å². The molecule has 2 aromatic carbocycles. The number of anilines is 1. The zero-order valence-corrected chi connectivity index (χ0v) is 15.2. The first-order valence-corrected chi connectivity index (χ1v) is 8.55. The first-order valence-electron chi connectivity index (χ1n) is 7.76. The Hall–Kier alpha value is -3.35. The summed E-state index contributed by atoms with van der Waals surface area (Å²) in [5.41, 5.74) is 2.18. The highest BCUT2D eigenvalue weighted by atomic mass is 79.9. The van der Waals surface area contributed by atoms with Gasteiger partial charge in [-0.25, -0.2) is 0 Å². The quantitative estimate of drug-likeness (QED) is 0.514. The third kappa shape index (κ3) is 3.66. The number of benzene rings is 2. The minimum absolute atomic E-state index is 0.00941. The Kier molecular flexibility index (Phi) is 5.17. The number of amides is 1. The molecule has 3 rings (SSSR count). The number of aromatic nitrogens is 1. The Morgan fingerprint density at radius 1 is 1.19 bits per heavy atom. The molecule has 0 bridgehead atoms. The third-order valence-corrected chi connectivity index (χ3v) is 4.30. The van der Waals surface area contributed by atoms with Gasteiger partial charge in [0, 0.05) is 32.8 Å². The molecule has 0 saturated heterocycles. The molecule has 0 saturated carbocycles. The normalized spacial score (nSPS) is 11.0. The molecule has 1 amide bonds. The van der Waals surface area contributed by atoms with Crippen molar-refractivity contribution in [3.63, 3.8) is 0 Å². The highest BCUT2D eigenvalue weighted by Crippen LogP contribution is 2.24. The molecule has 0 aliphatic heterocycles. The van der Waals surface area contributed by atoms with Crippen molar-refractivity contribution < 1.29 is 4.79 Å². The maximum absolute atomic E-state index is 12.5. The summed E-state index contributed by atoms with van der Waals surface area (Å²) >= 11 is 3.34. The summed E-state index contributed by atoms with van der Waals surface area (Å²) in [4.78, 5) is 12.5. The molecule has 3 aromatic rings. The summed E-state index contributed by atoms with van der Waals surface area (Å²) in [5.74, 6) is -0.484. The average Bonchev–Trinajstić information content (AvgIpc) is 2.98. The molecule has 0 spiro atoms. The highest BCUT2D eigenvalue weighted by Gasteiger charge is 2.12. The van der Waals surface area contributed by atoms with Crippen molar-refractivity contribution in [2.45, 2.75) is 6.54 Å². The van der Waals surface area contributed by atoms with Gasteiger partial charge in [0.05, 0.1) is 6.07 Å². The van der Waals surface area contributed by atoms with E-state index in [1.165, 1.54) is 0 Å². The fraction of sp³-hybridized carbons (Fsp3) is 0.0500. The van der Waals surface area contributed by atoms with E-state index in [1.54, 1.807) is 35.0 Å². The maximum atomic E-state index is 12.5. The molecule has 0 radical (unpaired) electrons. The fourth-order valence-electron chi connectivity index (χ4n) is 2.67. The topological polar surface area (TPSA) is 81.6 Å². The number of carbonyl (C=O) groups excluding carboxylic acids is 1. The molecule has 0 atom stereocenters. The number of hydrogen-bond donors (Lipinski definition) is 1. The monoisotopic (exact) mass is 404 g/mol. The van der Waals surface area contributed by atoms with Gasteiger partial charge in [-0.05, 0) is 30.3 Å². The van der Waals surface area contributed by atoms with Crippen molar-refractivity contribution >= 4 is 44.5 Å². The minimum atomic E-state index is -0.484. The van der Waals surface area contributed by atoms with Crippen LogP contribution in [0.25, 0.3) is 17.0 Å². The van der Waals surface area contributed by atoms with E-state index in [0.29, 0.717) is 5.69 Å². The number of nitrogens with one attached hydrogen (secondary N) is 1. The number of rotatable bonds is 4. The van der Waals surface area contributed by atoms with Crippen LogP contribution in [0.5, 0.6) is 0 Å².